The highest BCUT2D eigenvalue weighted by Gasteiger charge is 2.13. The molecule has 21 heavy (non-hydrogen) atoms. The molecule has 0 atom stereocenters. The van der Waals surface area contributed by atoms with E-state index in [0.717, 1.165) is 27.5 Å². The first-order valence-electron chi connectivity index (χ1n) is 6.61. The third kappa shape index (κ3) is 3.32. The number of thioether (sulfide) groups is 1. The molecule has 0 N–H and O–H groups in total. The Morgan fingerprint density at radius 2 is 1.95 bits per heavy atom. The Labute approximate surface area is 130 Å². The van der Waals surface area contributed by atoms with E-state index in [4.69, 9.17) is 4.74 Å². The first-order chi connectivity index (χ1) is 10.2. The first kappa shape index (κ1) is 15.3. The number of nitrogens with zero attached hydrogens (tertiary/aromatic N) is 2. The van der Waals surface area contributed by atoms with Crippen LogP contribution in [-0.2, 0) is 6.54 Å². The quantitative estimate of drug-likeness (QED) is 0.784. The zero-order valence-electron chi connectivity index (χ0n) is 12.5. The SMILES string of the molecule is COc1ccccc1CN(C)c1cccc(SC)c1C#N. The molecule has 0 saturated carbocycles. The van der Waals surface area contributed by atoms with Crippen LogP contribution in [0.15, 0.2) is 47.4 Å². The lowest BCUT2D eigenvalue weighted by Gasteiger charge is -2.22. The molecule has 0 aliphatic heterocycles. The van der Waals surface area contributed by atoms with Gasteiger partial charge in [0, 0.05) is 24.1 Å². The summed E-state index contributed by atoms with van der Waals surface area (Å²) in [7, 11) is 3.67. The van der Waals surface area contributed by atoms with Crippen molar-refractivity contribution >= 4 is 17.4 Å². The highest BCUT2D eigenvalue weighted by Crippen LogP contribution is 2.30. The Hall–Kier alpha value is -2.12. The summed E-state index contributed by atoms with van der Waals surface area (Å²) in [6.07, 6.45) is 1.99. The van der Waals surface area contributed by atoms with E-state index >= 15 is 0 Å². The van der Waals surface area contributed by atoms with Gasteiger partial charge in [0.05, 0.1) is 18.4 Å². The van der Waals surface area contributed by atoms with Gasteiger partial charge >= 0.3 is 0 Å². The van der Waals surface area contributed by atoms with Crippen LogP contribution in [0.25, 0.3) is 0 Å². The smallest absolute Gasteiger partial charge is 0.123 e. The molecule has 0 aromatic heterocycles. The monoisotopic (exact) mass is 298 g/mol. The average Bonchev–Trinajstić information content (AvgIpc) is 2.54. The highest BCUT2D eigenvalue weighted by atomic mass is 32.2. The number of nitriles is 1. The summed E-state index contributed by atoms with van der Waals surface area (Å²) in [6.45, 7) is 0.691. The predicted molar refractivity (Wildman–Crippen MR) is 88.0 cm³/mol. The fraction of sp³-hybridized carbons (Fsp3) is 0.235. The van der Waals surface area contributed by atoms with E-state index in [1.807, 2.05) is 55.8 Å². The van der Waals surface area contributed by atoms with Crippen molar-refractivity contribution in [2.75, 3.05) is 25.3 Å². The van der Waals surface area contributed by atoms with Gasteiger partial charge in [-0.3, -0.25) is 0 Å². The molecule has 0 unspecified atom stereocenters. The lowest BCUT2D eigenvalue weighted by Crippen LogP contribution is -2.18. The molecule has 0 radical (unpaired) electrons. The van der Waals surface area contributed by atoms with E-state index < -0.39 is 0 Å². The molecule has 0 aliphatic rings. The Balaban J connectivity index is 2.33. The second-order valence-corrected chi connectivity index (χ2v) is 5.48. The molecule has 0 spiro atoms. The number of methoxy groups -OCH3 is 1. The number of ether oxygens (including phenoxy) is 1. The van der Waals surface area contributed by atoms with Crippen LogP contribution >= 0.6 is 11.8 Å². The van der Waals surface area contributed by atoms with Crippen LogP contribution < -0.4 is 9.64 Å². The van der Waals surface area contributed by atoms with Gasteiger partial charge in [0.2, 0.25) is 0 Å². The summed E-state index contributed by atoms with van der Waals surface area (Å²) in [5.74, 6) is 0.865. The number of hydrogen-bond acceptors (Lipinski definition) is 4. The third-order valence-electron chi connectivity index (χ3n) is 3.35. The van der Waals surface area contributed by atoms with E-state index in [0.29, 0.717) is 6.54 Å². The lowest BCUT2D eigenvalue weighted by molar-refractivity contribution is 0.409. The van der Waals surface area contributed by atoms with Crippen LogP contribution in [0.2, 0.25) is 0 Å². The standard InChI is InChI=1S/C17H18N2OS/c1-19(12-13-7-4-5-9-16(13)20-2)15-8-6-10-17(21-3)14(15)11-18/h4-10H,12H2,1-3H3. The molecule has 2 rings (SSSR count). The van der Waals surface area contributed by atoms with Crippen molar-refractivity contribution in [1.29, 1.82) is 5.26 Å². The van der Waals surface area contributed by atoms with Crippen LogP contribution in [0, 0.1) is 11.3 Å². The van der Waals surface area contributed by atoms with Crippen molar-refractivity contribution in [2.45, 2.75) is 11.4 Å². The van der Waals surface area contributed by atoms with Crippen molar-refractivity contribution in [1.82, 2.24) is 0 Å². The molecule has 108 valence electrons. The van der Waals surface area contributed by atoms with Gasteiger partial charge in [0.25, 0.3) is 0 Å². The van der Waals surface area contributed by atoms with Crippen molar-refractivity contribution in [3.8, 4) is 11.8 Å². The Morgan fingerprint density at radius 3 is 2.62 bits per heavy atom. The van der Waals surface area contributed by atoms with E-state index in [9.17, 15) is 5.26 Å². The molecule has 0 fully saturated rings. The Kier molecular flexibility index (Phi) is 5.13. The minimum atomic E-state index is 0.691. The maximum Gasteiger partial charge on any atom is 0.123 e. The number of anilines is 1. The van der Waals surface area contributed by atoms with E-state index in [2.05, 4.69) is 11.0 Å². The van der Waals surface area contributed by atoms with Crippen LogP contribution in [0.3, 0.4) is 0 Å². The number of para-hydroxylation sites is 1. The molecule has 3 nitrogen and oxygen atoms in total. The summed E-state index contributed by atoms with van der Waals surface area (Å²) < 4.78 is 5.39. The first-order valence-corrected chi connectivity index (χ1v) is 7.84. The van der Waals surface area contributed by atoms with Crippen LogP contribution in [-0.4, -0.2) is 20.4 Å². The molecule has 0 amide bonds. The molecule has 4 heteroatoms. The van der Waals surface area contributed by atoms with Gasteiger partial charge in [-0.05, 0) is 24.5 Å². The second kappa shape index (κ2) is 7.05. The highest BCUT2D eigenvalue weighted by molar-refractivity contribution is 7.98. The summed E-state index contributed by atoms with van der Waals surface area (Å²) in [5, 5.41) is 9.43. The van der Waals surface area contributed by atoms with Crippen LogP contribution in [0.5, 0.6) is 5.75 Å². The second-order valence-electron chi connectivity index (χ2n) is 4.63. The third-order valence-corrected chi connectivity index (χ3v) is 4.13. The molecule has 2 aromatic carbocycles. The zero-order chi connectivity index (χ0) is 15.2. The fourth-order valence-electron chi connectivity index (χ4n) is 2.29. The van der Waals surface area contributed by atoms with E-state index in [1.165, 1.54) is 0 Å². The van der Waals surface area contributed by atoms with Crippen LogP contribution in [0.1, 0.15) is 11.1 Å². The molecular formula is C17H18N2OS. The van der Waals surface area contributed by atoms with Crippen molar-refractivity contribution in [3.63, 3.8) is 0 Å². The van der Waals surface area contributed by atoms with Crippen molar-refractivity contribution < 1.29 is 4.74 Å². The topological polar surface area (TPSA) is 36.3 Å². The fourth-order valence-corrected chi connectivity index (χ4v) is 2.86. The Bertz CT molecular complexity index is 664. The molecular weight excluding hydrogens is 280 g/mol. The largest absolute Gasteiger partial charge is 0.496 e. The van der Waals surface area contributed by atoms with Gasteiger partial charge in [0.15, 0.2) is 0 Å². The van der Waals surface area contributed by atoms with Gasteiger partial charge in [0.1, 0.15) is 11.8 Å². The lowest BCUT2D eigenvalue weighted by atomic mass is 10.1. The summed E-state index contributed by atoms with van der Waals surface area (Å²) >= 11 is 1.59. The van der Waals surface area contributed by atoms with E-state index in [1.54, 1.807) is 18.9 Å². The number of rotatable bonds is 5. The molecule has 0 aliphatic carbocycles. The van der Waals surface area contributed by atoms with Gasteiger partial charge < -0.3 is 9.64 Å². The van der Waals surface area contributed by atoms with Crippen molar-refractivity contribution in [3.05, 3.63) is 53.6 Å². The number of benzene rings is 2. The van der Waals surface area contributed by atoms with Crippen LogP contribution in [0.4, 0.5) is 5.69 Å². The molecule has 0 heterocycles. The molecule has 2 aromatic rings. The average molecular weight is 298 g/mol. The summed E-state index contributed by atoms with van der Waals surface area (Å²) in [5.41, 5.74) is 2.76. The summed E-state index contributed by atoms with van der Waals surface area (Å²) in [6, 6.07) is 16.2. The Morgan fingerprint density at radius 1 is 1.19 bits per heavy atom. The van der Waals surface area contributed by atoms with Gasteiger partial charge in [-0.2, -0.15) is 5.26 Å². The van der Waals surface area contributed by atoms with Crippen molar-refractivity contribution in [2.24, 2.45) is 0 Å². The minimum Gasteiger partial charge on any atom is -0.496 e. The summed E-state index contributed by atoms with van der Waals surface area (Å²) in [4.78, 5) is 3.08. The number of hydrogen-bond donors (Lipinski definition) is 0. The normalized spacial score (nSPS) is 10.0. The zero-order valence-corrected chi connectivity index (χ0v) is 13.3. The molecule has 0 saturated heterocycles. The maximum absolute atomic E-state index is 9.43. The predicted octanol–water partition coefficient (Wildman–Crippen LogP) is 3.93. The minimum absolute atomic E-state index is 0.691. The van der Waals surface area contributed by atoms with E-state index in [-0.39, 0.29) is 0 Å². The van der Waals surface area contributed by atoms with Gasteiger partial charge in [-0.25, -0.2) is 0 Å². The molecule has 0 bridgehead atoms. The van der Waals surface area contributed by atoms with Gasteiger partial charge in [-0.15, -0.1) is 11.8 Å². The maximum atomic E-state index is 9.43. The van der Waals surface area contributed by atoms with Gasteiger partial charge in [-0.1, -0.05) is 24.3 Å².